The van der Waals surface area contributed by atoms with Crippen LogP contribution in [0.2, 0.25) is 0 Å². The number of hydrogen-bond acceptors (Lipinski definition) is 3. The summed E-state index contributed by atoms with van der Waals surface area (Å²) in [7, 11) is 0. The van der Waals surface area contributed by atoms with Gasteiger partial charge in [0.1, 0.15) is 0 Å². The molecule has 0 fully saturated rings. The molecular weight excluding hydrogens is 449 g/mol. The lowest BCUT2D eigenvalue weighted by atomic mass is 9.34. The van der Waals surface area contributed by atoms with Crippen molar-refractivity contribution in [2.24, 2.45) is 0 Å². The Morgan fingerprint density at radius 3 is 1.65 bits per heavy atom. The lowest BCUT2D eigenvalue weighted by Crippen LogP contribution is -2.62. The van der Waals surface area contributed by atoms with Crippen molar-refractivity contribution >= 4 is 63.7 Å². The Morgan fingerprint density at radius 2 is 1.00 bits per heavy atom. The number of anilines is 3. The highest BCUT2D eigenvalue weighted by Gasteiger charge is 2.45. The molecule has 5 aromatic rings. The van der Waals surface area contributed by atoms with Crippen LogP contribution in [-0.2, 0) is 0 Å². The summed E-state index contributed by atoms with van der Waals surface area (Å²) in [4.78, 5) is 8.05. The number of nitrogens with zero attached hydrogens (tertiary/aromatic N) is 1. The average molecular weight is 467 g/mol. The third kappa shape index (κ3) is 2.55. The maximum absolute atomic E-state index is 2.49. The van der Waals surface area contributed by atoms with Crippen LogP contribution in [0.5, 0.6) is 0 Å². The van der Waals surface area contributed by atoms with Gasteiger partial charge in [0.15, 0.2) is 0 Å². The first-order valence-corrected chi connectivity index (χ1v) is 13.2. The van der Waals surface area contributed by atoms with Gasteiger partial charge in [0.05, 0.1) is 0 Å². The highest BCUT2D eigenvalue weighted by atomic mass is 32.2. The van der Waals surface area contributed by atoms with E-state index in [4.69, 9.17) is 0 Å². The van der Waals surface area contributed by atoms with E-state index in [1.807, 2.05) is 23.5 Å². The SMILES string of the molecule is c1ccc(-c2cccc(N3c4cccc5c4B4c6c(cccc6Sc6cccc3c64)S5)c2)cc1. The minimum absolute atomic E-state index is 0.305. The van der Waals surface area contributed by atoms with Crippen LogP contribution >= 0.6 is 23.5 Å². The Bertz CT molecular complexity index is 1550. The van der Waals surface area contributed by atoms with Gasteiger partial charge < -0.3 is 4.90 Å². The Labute approximate surface area is 207 Å². The third-order valence-electron chi connectivity index (χ3n) is 7.11. The molecule has 0 aliphatic carbocycles. The predicted octanol–water partition coefficient (Wildman–Crippen LogP) is 6.58. The highest BCUT2D eigenvalue weighted by Crippen LogP contribution is 2.46. The molecule has 8 rings (SSSR count). The predicted molar refractivity (Wildman–Crippen MR) is 146 cm³/mol. The normalized spacial score (nSPS) is 14.1. The molecule has 0 bridgehead atoms. The van der Waals surface area contributed by atoms with Crippen LogP contribution in [0, 0.1) is 0 Å². The maximum Gasteiger partial charge on any atom is 0.252 e. The van der Waals surface area contributed by atoms with Gasteiger partial charge in [-0.25, -0.2) is 0 Å². The van der Waals surface area contributed by atoms with Crippen molar-refractivity contribution in [2.75, 3.05) is 4.90 Å². The molecule has 0 spiro atoms. The molecule has 0 saturated heterocycles. The number of hydrogen-bond donors (Lipinski definition) is 0. The van der Waals surface area contributed by atoms with Gasteiger partial charge in [0.25, 0.3) is 6.71 Å². The molecule has 0 radical (unpaired) electrons. The van der Waals surface area contributed by atoms with Crippen molar-refractivity contribution in [1.29, 1.82) is 0 Å². The summed E-state index contributed by atoms with van der Waals surface area (Å²) >= 11 is 3.85. The fourth-order valence-electron chi connectivity index (χ4n) is 5.73. The molecule has 0 amide bonds. The second-order valence-electron chi connectivity index (χ2n) is 8.93. The van der Waals surface area contributed by atoms with E-state index in [-0.39, 0.29) is 0 Å². The molecule has 3 heterocycles. The first-order chi connectivity index (χ1) is 16.9. The van der Waals surface area contributed by atoms with Crippen LogP contribution in [0.25, 0.3) is 11.1 Å². The Balaban J connectivity index is 1.41. The zero-order valence-corrected chi connectivity index (χ0v) is 19.9. The van der Waals surface area contributed by atoms with E-state index in [0.717, 1.165) is 0 Å². The molecule has 5 aromatic carbocycles. The van der Waals surface area contributed by atoms with E-state index < -0.39 is 0 Å². The highest BCUT2D eigenvalue weighted by molar-refractivity contribution is 8.01. The van der Waals surface area contributed by atoms with Gasteiger partial charge >= 0.3 is 0 Å². The molecule has 158 valence electrons. The lowest BCUT2D eigenvalue weighted by molar-refractivity contribution is 1.24. The molecule has 34 heavy (non-hydrogen) atoms. The van der Waals surface area contributed by atoms with Gasteiger partial charge in [-0.05, 0) is 76.0 Å². The Morgan fingerprint density at radius 1 is 0.471 bits per heavy atom. The first kappa shape index (κ1) is 19.0. The van der Waals surface area contributed by atoms with E-state index in [9.17, 15) is 0 Å². The van der Waals surface area contributed by atoms with Crippen molar-refractivity contribution in [2.45, 2.75) is 19.6 Å². The number of benzene rings is 5. The summed E-state index contributed by atoms with van der Waals surface area (Å²) in [5.41, 5.74) is 10.7. The number of rotatable bonds is 2. The summed E-state index contributed by atoms with van der Waals surface area (Å²) in [6, 6.07) is 40.1. The van der Waals surface area contributed by atoms with Crippen LogP contribution in [-0.4, -0.2) is 6.71 Å². The van der Waals surface area contributed by atoms with E-state index >= 15 is 0 Å². The summed E-state index contributed by atoms with van der Waals surface area (Å²) < 4.78 is 0. The van der Waals surface area contributed by atoms with Crippen molar-refractivity contribution in [3.05, 3.63) is 109 Å². The van der Waals surface area contributed by atoms with Crippen LogP contribution in [0.1, 0.15) is 0 Å². The Hall–Kier alpha value is -3.34. The van der Waals surface area contributed by atoms with E-state index in [0.29, 0.717) is 6.71 Å². The molecule has 0 unspecified atom stereocenters. The maximum atomic E-state index is 2.49. The summed E-state index contributed by atoms with van der Waals surface area (Å²) in [5, 5.41) is 0. The minimum Gasteiger partial charge on any atom is -0.311 e. The van der Waals surface area contributed by atoms with Gasteiger partial charge in [-0.15, -0.1) is 0 Å². The summed E-state index contributed by atoms with van der Waals surface area (Å²) in [6.45, 7) is 0.305. The van der Waals surface area contributed by atoms with Crippen molar-refractivity contribution < 1.29 is 0 Å². The minimum atomic E-state index is 0.305. The van der Waals surface area contributed by atoms with E-state index in [1.54, 1.807) is 0 Å². The summed E-state index contributed by atoms with van der Waals surface area (Å²) in [6.07, 6.45) is 0. The Kier molecular flexibility index (Phi) is 3.96. The molecule has 0 N–H and O–H groups in total. The molecule has 3 aliphatic rings. The topological polar surface area (TPSA) is 3.24 Å². The van der Waals surface area contributed by atoms with Gasteiger partial charge in [-0.1, -0.05) is 84.2 Å². The van der Waals surface area contributed by atoms with Crippen molar-refractivity contribution in [3.8, 4) is 11.1 Å². The van der Waals surface area contributed by atoms with Crippen LogP contribution in [0.3, 0.4) is 0 Å². The fourth-order valence-corrected chi connectivity index (χ4v) is 8.20. The van der Waals surface area contributed by atoms with Crippen LogP contribution in [0.4, 0.5) is 17.1 Å². The molecule has 3 aliphatic heterocycles. The molecule has 0 atom stereocenters. The molecular formula is C30H18BNS2. The zero-order chi connectivity index (χ0) is 22.2. The van der Waals surface area contributed by atoms with Gasteiger partial charge in [0, 0.05) is 36.6 Å². The zero-order valence-electron chi connectivity index (χ0n) is 18.2. The van der Waals surface area contributed by atoms with E-state index in [2.05, 4.69) is 114 Å². The van der Waals surface area contributed by atoms with Crippen molar-refractivity contribution in [3.63, 3.8) is 0 Å². The van der Waals surface area contributed by atoms with Crippen LogP contribution in [0.15, 0.2) is 129 Å². The lowest BCUT2D eigenvalue weighted by Gasteiger charge is -2.43. The third-order valence-corrected chi connectivity index (χ3v) is 9.42. The quantitative estimate of drug-likeness (QED) is 0.264. The fraction of sp³-hybridized carbons (Fsp3) is 0. The molecule has 1 nitrogen and oxygen atoms in total. The van der Waals surface area contributed by atoms with Gasteiger partial charge in [-0.3, -0.25) is 0 Å². The summed E-state index contributed by atoms with van der Waals surface area (Å²) in [5.74, 6) is 0. The molecule has 0 aromatic heterocycles. The smallest absolute Gasteiger partial charge is 0.252 e. The second-order valence-corrected chi connectivity index (χ2v) is 11.1. The van der Waals surface area contributed by atoms with Gasteiger partial charge in [0.2, 0.25) is 0 Å². The standard InChI is InChI=1S/C30H18BNS2/c1-2-8-19(9-3-1)20-10-4-11-21(18-20)32-22-12-5-14-24-28(22)31-29-23(32)13-6-15-25(29)34-27-17-7-16-26(33-24)30(27)31/h1-18H. The van der Waals surface area contributed by atoms with Crippen molar-refractivity contribution in [1.82, 2.24) is 0 Å². The average Bonchev–Trinajstić information content (AvgIpc) is 2.89. The van der Waals surface area contributed by atoms with E-state index in [1.165, 1.54) is 64.2 Å². The monoisotopic (exact) mass is 467 g/mol. The molecule has 4 heteroatoms. The second kappa shape index (κ2) is 7.08. The van der Waals surface area contributed by atoms with Gasteiger partial charge in [-0.2, -0.15) is 0 Å². The largest absolute Gasteiger partial charge is 0.311 e. The first-order valence-electron chi connectivity index (χ1n) is 11.6. The van der Waals surface area contributed by atoms with Crippen LogP contribution < -0.4 is 21.3 Å². The molecule has 0 saturated carbocycles.